The van der Waals surface area contributed by atoms with E-state index < -0.39 is 11.9 Å². The number of aliphatic carboxylic acids is 1. The first-order valence-corrected chi connectivity index (χ1v) is 6.35. The molecular formula is C15H21NO3. The molecule has 0 atom stereocenters. The average Bonchev–Trinajstić information content (AvgIpc) is 2.36. The first kappa shape index (κ1) is 15.2. The predicted molar refractivity (Wildman–Crippen MR) is 74.2 cm³/mol. The highest BCUT2D eigenvalue weighted by molar-refractivity contribution is 6.31. The highest BCUT2D eigenvalue weighted by atomic mass is 16.4. The Morgan fingerprint density at radius 1 is 1.21 bits per heavy atom. The van der Waals surface area contributed by atoms with Crippen molar-refractivity contribution in [3.05, 3.63) is 35.4 Å². The van der Waals surface area contributed by atoms with E-state index in [4.69, 9.17) is 5.11 Å². The summed E-state index contributed by atoms with van der Waals surface area (Å²) in [6, 6.07) is 8.20. The first-order valence-electron chi connectivity index (χ1n) is 6.35. The summed E-state index contributed by atoms with van der Waals surface area (Å²) in [5, 5.41) is 11.0. The van der Waals surface area contributed by atoms with E-state index in [0.717, 1.165) is 5.56 Å². The lowest BCUT2D eigenvalue weighted by atomic mass is 9.83. The van der Waals surface area contributed by atoms with Crippen LogP contribution in [-0.2, 0) is 15.0 Å². The second kappa shape index (κ2) is 5.87. The Kier molecular flexibility index (Phi) is 4.70. The summed E-state index contributed by atoms with van der Waals surface area (Å²) < 4.78 is 0. The van der Waals surface area contributed by atoms with Gasteiger partial charge in [-0.25, -0.2) is 4.79 Å². The Balaban J connectivity index is 2.76. The van der Waals surface area contributed by atoms with Crippen molar-refractivity contribution in [2.45, 2.75) is 39.0 Å². The van der Waals surface area contributed by atoms with Crippen LogP contribution in [0.5, 0.6) is 0 Å². The molecule has 1 aromatic carbocycles. The van der Waals surface area contributed by atoms with Crippen molar-refractivity contribution in [3.8, 4) is 0 Å². The average molecular weight is 263 g/mol. The molecule has 104 valence electrons. The number of hydrogen-bond acceptors (Lipinski definition) is 2. The van der Waals surface area contributed by atoms with Gasteiger partial charge >= 0.3 is 11.9 Å². The monoisotopic (exact) mass is 263 g/mol. The second-order valence-electron chi connectivity index (χ2n) is 5.65. The number of carbonyl (C=O) groups excluding carboxylic acids is 1. The smallest absolute Gasteiger partial charge is 0.394 e. The molecule has 4 nitrogen and oxygen atoms in total. The third-order valence-corrected chi connectivity index (χ3v) is 3.24. The van der Waals surface area contributed by atoms with Crippen LogP contribution in [0, 0.1) is 0 Å². The van der Waals surface area contributed by atoms with E-state index in [1.807, 2.05) is 26.0 Å². The molecule has 4 heteroatoms. The molecule has 0 aliphatic carbocycles. The Labute approximate surface area is 113 Å². The van der Waals surface area contributed by atoms with Gasteiger partial charge in [0, 0.05) is 12.0 Å². The molecule has 0 aliphatic heterocycles. The molecule has 1 aromatic rings. The molecule has 0 aromatic heterocycles. The maximum absolute atomic E-state index is 11.1. The molecular weight excluding hydrogens is 242 g/mol. The van der Waals surface area contributed by atoms with E-state index in [0.29, 0.717) is 12.5 Å². The highest BCUT2D eigenvalue weighted by Crippen LogP contribution is 2.24. The van der Waals surface area contributed by atoms with E-state index in [1.165, 1.54) is 5.56 Å². The van der Waals surface area contributed by atoms with Gasteiger partial charge in [-0.1, -0.05) is 52.0 Å². The van der Waals surface area contributed by atoms with Crippen molar-refractivity contribution >= 4 is 11.9 Å². The second-order valence-corrected chi connectivity index (χ2v) is 5.65. The molecule has 0 fully saturated rings. The van der Waals surface area contributed by atoms with Gasteiger partial charge in [0.15, 0.2) is 0 Å². The molecule has 0 heterocycles. The molecule has 19 heavy (non-hydrogen) atoms. The van der Waals surface area contributed by atoms with Crippen LogP contribution in [-0.4, -0.2) is 23.5 Å². The highest BCUT2D eigenvalue weighted by Gasteiger charge is 2.23. The Bertz CT molecular complexity index is 461. The zero-order valence-corrected chi connectivity index (χ0v) is 11.9. The number of rotatable bonds is 4. The minimum absolute atomic E-state index is 0.291. The fraction of sp³-hybridized carbons (Fsp3) is 0.467. The molecule has 1 rings (SSSR count). The molecule has 0 aliphatic rings. The van der Waals surface area contributed by atoms with Crippen LogP contribution in [0.25, 0.3) is 0 Å². The number of nitrogens with one attached hydrogen (secondary N) is 1. The predicted octanol–water partition coefficient (Wildman–Crippen LogP) is 2.29. The quantitative estimate of drug-likeness (QED) is 0.819. The lowest BCUT2D eigenvalue weighted by molar-refractivity contribution is -0.150. The van der Waals surface area contributed by atoms with Gasteiger partial charge in [0.05, 0.1) is 0 Å². The molecule has 1 amide bonds. The number of amides is 1. The number of carboxylic acid groups (broad SMARTS) is 1. The van der Waals surface area contributed by atoms with Crippen molar-refractivity contribution in [3.63, 3.8) is 0 Å². The van der Waals surface area contributed by atoms with Crippen molar-refractivity contribution in [1.82, 2.24) is 5.32 Å². The van der Waals surface area contributed by atoms with Crippen molar-refractivity contribution in [2.24, 2.45) is 0 Å². The third kappa shape index (κ3) is 4.09. The Hall–Kier alpha value is -1.84. The van der Waals surface area contributed by atoms with Crippen molar-refractivity contribution in [2.75, 3.05) is 6.54 Å². The first-order chi connectivity index (χ1) is 8.74. The summed E-state index contributed by atoms with van der Waals surface area (Å²) >= 11 is 0. The molecule has 0 spiro atoms. The summed E-state index contributed by atoms with van der Waals surface area (Å²) in [6.07, 6.45) is 0. The van der Waals surface area contributed by atoms with Gasteiger partial charge < -0.3 is 10.4 Å². The van der Waals surface area contributed by atoms with Crippen molar-refractivity contribution < 1.29 is 14.7 Å². The summed E-state index contributed by atoms with van der Waals surface area (Å²) in [4.78, 5) is 21.5. The lowest BCUT2D eigenvalue weighted by Crippen LogP contribution is -2.39. The molecule has 0 bridgehead atoms. The van der Waals surface area contributed by atoms with Crippen LogP contribution in [0.15, 0.2) is 24.3 Å². The van der Waals surface area contributed by atoms with Crippen LogP contribution < -0.4 is 5.32 Å². The van der Waals surface area contributed by atoms with Crippen LogP contribution in [0.1, 0.15) is 44.7 Å². The van der Waals surface area contributed by atoms with Crippen LogP contribution in [0.4, 0.5) is 0 Å². The zero-order valence-electron chi connectivity index (χ0n) is 11.9. The fourth-order valence-corrected chi connectivity index (χ4v) is 1.80. The van der Waals surface area contributed by atoms with E-state index in [1.54, 1.807) is 0 Å². The summed E-state index contributed by atoms with van der Waals surface area (Å²) in [5.74, 6) is -1.94. The summed E-state index contributed by atoms with van der Waals surface area (Å²) in [6.45, 7) is 8.50. The van der Waals surface area contributed by atoms with E-state index in [9.17, 15) is 9.59 Å². The molecule has 0 saturated heterocycles. The van der Waals surface area contributed by atoms with Gasteiger partial charge in [0.2, 0.25) is 0 Å². The lowest BCUT2D eigenvalue weighted by Gasteiger charge is -2.25. The van der Waals surface area contributed by atoms with Gasteiger partial charge in [-0.2, -0.15) is 0 Å². The normalized spacial score (nSPS) is 11.4. The fourth-order valence-electron chi connectivity index (χ4n) is 1.80. The maximum Gasteiger partial charge on any atom is 0.394 e. The summed E-state index contributed by atoms with van der Waals surface area (Å²) in [5.41, 5.74) is 2.03. The number of carboxylic acids is 1. The van der Waals surface area contributed by atoms with Crippen LogP contribution in [0.3, 0.4) is 0 Å². The van der Waals surface area contributed by atoms with Crippen LogP contribution in [0.2, 0.25) is 0 Å². The molecule has 2 N–H and O–H groups in total. The topological polar surface area (TPSA) is 66.4 Å². The molecule has 0 saturated carbocycles. The third-order valence-electron chi connectivity index (χ3n) is 3.24. The van der Waals surface area contributed by atoms with Gasteiger partial charge in [-0.15, -0.1) is 0 Å². The van der Waals surface area contributed by atoms with Gasteiger partial charge in [-0.05, 0) is 17.0 Å². The maximum atomic E-state index is 11.1. The largest absolute Gasteiger partial charge is 0.474 e. The van der Waals surface area contributed by atoms with Gasteiger partial charge in [-0.3, -0.25) is 4.79 Å². The number of benzene rings is 1. The number of carbonyl (C=O) groups is 2. The Morgan fingerprint density at radius 3 is 2.16 bits per heavy atom. The summed E-state index contributed by atoms with van der Waals surface area (Å²) in [7, 11) is 0. The minimum Gasteiger partial charge on any atom is -0.474 e. The SMILES string of the molecule is CC(C)c1ccc(C(C)(C)CNC(=O)C(=O)O)cc1. The Morgan fingerprint density at radius 2 is 1.74 bits per heavy atom. The van der Waals surface area contributed by atoms with Gasteiger partial charge in [0.25, 0.3) is 0 Å². The van der Waals surface area contributed by atoms with E-state index >= 15 is 0 Å². The standard InChI is InChI=1S/C15H21NO3/c1-10(2)11-5-7-12(8-6-11)15(3,4)9-16-13(17)14(18)19/h5-8,10H,9H2,1-4H3,(H,16,17)(H,18,19). The van der Waals surface area contributed by atoms with E-state index in [-0.39, 0.29) is 5.41 Å². The number of hydrogen-bond donors (Lipinski definition) is 2. The minimum atomic E-state index is -1.45. The zero-order chi connectivity index (χ0) is 14.6. The van der Waals surface area contributed by atoms with Gasteiger partial charge in [0.1, 0.15) is 0 Å². The van der Waals surface area contributed by atoms with Crippen LogP contribution >= 0.6 is 0 Å². The van der Waals surface area contributed by atoms with E-state index in [2.05, 4.69) is 31.3 Å². The van der Waals surface area contributed by atoms with Crippen molar-refractivity contribution in [1.29, 1.82) is 0 Å². The molecule has 0 unspecified atom stereocenters. The molecule has 0 radical (unpaired) electrons.